The Morgan fingerprint density at radius 3 is 2.47 bits per heavy atom. The van der Waals surface area contributed by atoms with Gasteiger partial charge in [-0.3, -0.25) is 14.5 Å². The molecule has 1 saturated heterocycles. The van der Waals surface area contributed by atoms with Gasteiger partial charge in [0.05, 0.1) is 41.6 Å². The van der Waals surface area contributed by atoms with Crippen molar-refractivity contribution in [2.75, 3.05) is 19.1 Å². The summed E-state index contributed by atoms with van der Waals surface area (Å²) in [6, 6.07) is 15.2. The van der Waals surface area contributed by atoms with Crippen molar-refractivity contribution in [3.05, 3.63) is 88.7 Å². The Morgan fingerprint density at radius 2 is 1.78 bits per heavy atom. The molecule has 1 atom stereocenters. The van der Waals surface area contributed by atoms with Crippen LogP contribution in [0, 0.1) is 12.7 Å². The van der Waals surface area contributed by atoms with Gasteiger partial charge >= 0.3 is 5.91 Å². The number of fused-ring (bicyclic) bond motifs is 1. The molecule has 36 heavy (non-hydrogen) atoms. The predicted octanol–water partition coefficient (Wildman–Crippen LogP) is 5.39. The van der Waals surface area contributed by atoms with E-state index in [1.165, 1.54) is 37.3 Å². The number of carbonyl (C=O) groups is 2. The zero-order chi connectivity index (χ0) is 25.6. The number of hydrogen-bond acceptors (Lipinski definition) is 7. The fraction of sp³-hybridized carbons (Fsp3) is 0.148. The zero-order valence-corrected chi connectivity index (χ0v) is 20.4. The Labute approximate surface area is 210 Å². The van der Waals surface area contributed by atoms with Gasteiger partial charge in [-0.15, -0.1) is 0 Å². The Bertz CT molecular complexity index is 1540. The first-order chi connectivity index (χ1) is 17.3. The Morgan fingerprint density at radius 1 is 1.03 bits per heavy atom. The van der Waals surface area contributed by atoms with Crippen molar-refractivity contribution < 1.29 is 28.6 Å². The molecule has 4 aromatic rings. The minimum Gasteiger partial charge on any atom is -0.507 e. The predicted molar refractivity (Wildman–Crippen MR) is 135 cm³/mol. The Kier molecular flexibility index (Phi) is 5.93. The van der Waals surface area contributed by atoms with Crippen LogP contribution in [0.2, 0.25) is 0 Å². The van der Waals surface area contributed by atoms with Crippen LogP contribution >= 0.6 is 11.3 Å². The number of nitrogens with zero attached hydrogens (tertiary/aromatic N) is 2. The number of thiazole rings is 1. The summed E-state index contributed by atoms with van der Waals surface area (Å²) < 4.78 is 25.0. The third-order valence-electron chi connectivity index (χ3n) is 6.03. The van der Waals surface area contributed by atoms with Gasteiger partial charge in [-0.2, -0.15) is 0 Å². The van der Waals surface area contributed by atoms with Crippen molar-refractivity contribution in [1.82, 2.24) is 4.98 Å². The molecule has 0 saturated carbocycles. The van der Waals surface area contributed by atoms with Gasteiger partial charge in [-0.05, 0) is 55.0 Å². The van der Waals surface area contributed by atoms with Crippen LogP contribution in [0.15, 0.2) is 66.2 Å². The number of benzene rings is 3. The lowest BCUT2D eigenvalue weighted by Crippen LogP contribution is -2.29. The molecule has 1 N–H and O–H groups in total. The van der Waals surface area contributed by atoms with E-state index < -0.39 is 23.5 Å². The highest BCUT2D eigenvalue weighted by molar-refractivity contribution is 7.22. The zero-order valence-electron chi connectivity index (χ0n) is 19.6. The smallest absolute Gasteiger partial charge is 0.301 e. The van der Waals surface area contributed by atoms with E-state index >= 15 is 0 Å². The number of aromatic nitrogens is 1. The van der Waals surface area contributed by atoms with E-state index in [2.05, 4.69) is 4.98 Å². The van der Waals surface area contributed by atoms with Crippen molar-refractivity contribution >= 4 is 44.1 Å². The van der Waals surface area contributed by atoms with Crippen LogP contribution in [-0.2, 0) is 9.59 Å². The number of ether oxygens (including phenoxy) is 2. The second-order valence-electron chi connectivity index (χ2n) is 8.25. The van der Waals surface area contributed by atoms with Gasteiger partial charge in [0.25, 0.3) is 5.78 Å². The number of hydrogen-bond donors (Lipinski definition) is 1. The van der Waals surface area contributed by atoms with E-state index in [0.29, 0.717) is 32.8 Å². The van der Waals surface area contributed by atoms with E-state index in [0.717, 1.165) is 16.9 Å². The number of Topliss-reactive ketones (excluding diaryl/α,β-unsaturated/α-hetero) is 1. The molecule has 0 aliphatic carbocycles. The number of halogens is 1. The maximum Gasteiger partial charge on any atom is 0.301 e. The largest absolute Gasteiger partial charge is 0.507 e. The molecular weight excluding hydrogens is 483 g/mol. The number of rotatable bonds is 5. The van der Waals surface area contributed by atoms with Crippen LogP contribution < -0.4 is 14.4 Å². The standard InChI is InChI=1S/C27H21FN2O5S/c1-14-4-11-20(35-3)18(12-14)24(31)22-23(15-5-8-17(34-2)9-6-15)30(26(33)25(22)32)27-29-19-10-7-16(28)13-21(19)36-27/h4-13,23,31H,1-3H3/b24-22+. The lowest BCUT2D eigenvalue weighted by Gasteiger charge is -2.23. The van der Waals surface area contributed by atoms with Crippen LogP contribution in [0.25, 0.3) is 16.0 Å². The van der Waals surface area contributed by atoms with Crippen molar-refractivity contribution in [2.24, 2.45) is 0 Å². The van der Waals surface area contributed by atoms with E-state index in [1.54, 1.807) is 36.4 Å². The number of aliphatic hydroxyl groups excluding tert-OH is 1. The van der Waals surface area contributed by atoms with Gasteiger partial charge in [-0.1, -0.05) is 35.1 Å². The molecule has 1 fully saturated rings. The number of carbonyl (C=O) groups excluding carboxylic acids is 2. The number of methoxy groups -OCH3 is 2. The number of aliphatic hydroxyl groups is 1. The fourth-order valence-corrected chi connectivity index (χ4v) is 5.29. The molecule has 2 heterocycles. The molecular formula is C27H21FN2O5S. The number of anilines is 1. The van der Waals surface area contributed by atoms with Crippen molar-refractivity contribution in [3.63, 3.8) is 0 Å². The molecule has 0 bridgehead atoms. The van der Waals surface area contributed by atoms with Crippen molar-refractivity contribution in [1.29, 1.82) is 0 Å². The molecule has 9 heteroatoms. The highest BCUT2D eigenvalue weighted by Gasteiger charge is 2.48. The van der Waals surface area contributed by atoms with E-state index in [9.17, 15) is 19.1 Å². The monoisotopic (exact) mass is 504 g/mol. The molecule has 1 aliphatic heterocycles. The molecule has 3 aromatic carbocycles. The van der Waals surface area contributed by atoms with Crippen LogP contribution in [0.4, 0.5) is 9.52 Å². The van der Waals surface area contributed by atoms with Crippen LogP contribution in [0.1, 0.15) is 22.7 Å². The van der Waals surface area contributed by atoms with Crippen LogP contribution in [-0.4, -0.2) is 36.0 Å². The molecule has 1 aromatic heterocycles. The number of aryl methyl sites for hydroxylation is 1. The molecule has 7 nitrogen and oxygen atoms in total. The van der Waals surface area contributed by atoms with Crippen LogP contribution in [0.5, 0.6) is 11.5 Å². The third-order valence-corrected chi connectivity index (χ3v) is 7.05. The Hall–Kier alpha value is -4.24. The van der Waals surface area contributed by atoms with E-state index in [-0.39, 0.29) is 16.5 Å². The average molecular weight is 505 g/mol. The van der Waals surface area contributed by atoms with Gasteiger partial charge in [0.15, 0.2) is 5.13 Å². The molecule has 1 aliphatic rings. The van der Waals surface area contributed by atoms with Gasteiger partial charge in [0, 0.05) is 0 Å². The average Bonchev–Trinajstić information content (AvgIpc) is 3.41. The topological polar surface area (TPSA) is 89.0 Å². The second-order valence-corrected chi connectivity index (χ2v) is 9.26. The summed E-state index contributed by atoms with van der Waals surface area (Å²) >= 11 is 1.09. The Balaban J connectivity index is 1.75. The lowest BCUT2D eigenvalue weighted by atomic mass is 9.94. The number of amides is 1. The summed E-state index contributed by atoms with van der Waals surface area (Å²) in [5, 5.41) is 11.6. The van der Waals surface area contributed by atoms with Gasteiger partial charge in [0.1, 0.15) is 23.1 Å². The van der Waals surface area contributed by atoms with Crippen LogP contribution in [0.3, 0.4) is 0 Å². The highest BCUT2D eigenvalue weighted by Crippen LogP contribution is 2.45. The molecule has 182 valence electrons. The lowest BCUT2D eigenvalue weighted by molar-refractivity contribution is -0.132. The molecule has 0 radical (unpaired) electrons. The fourth-order valence-electron chi connectivity index (χ4n) is 4.27. The first-order valence-corrected chi connectivity index (χ1v) is 11.8. The molecule has 0 spiro atoms. The third kappa shape index (κ3) is 3.87. The van der Waals surface area contributed by atoms with Crippen molar-refractivity contribution in [2.45, 2.75) is 13.0 Å². The first kappa shape index (κ1) is 23.5. The number of ketones is 1. The summed E-state index contributed by atoms with van der Waals surface area (Å²) in [5.41, 5.74) is 2.08. The molecule has 1 unspecified atom stereocenters. The summed E-state index contributed by atoms with van der Waals surface area (Å²) in [4.78, 5) is 32.5. The maximum atomic E-state index is 13.8. The minimum atomic E-state index is -0.980. The summed E-state index contributed by atoms with van der Waals surface area (Å²) in [6.45, 7) is 1.84. The van der Waals surface area contributed by atoms with Gasteiger partial charge < -0.3 is 14.6 Å². The highest BCUT2D eigenvalue weighted by atomic mass is 32.1. The summed E-state index contributed by atoms with van der Waals surface area (Å²) in [6.07, 6.45) is 0. The summed E-state index contributed by atoms with van der Waals surface area (Å²) in [5.74, 6) is -1.55. The SMILES string of the molecule is COc1ccc(C2/C(=C(\O)c3cc(C)ccc3OC)C(=O)C(=O)N2c2nc3ccc(F)cc3s2)cc1. The van der Waals surface area contributed by atoms with Gasteiger partial charge in [-0.25, -0.2) is 9.37 Å². The first-order valence-electron chi connectivity index (χ1n) is 11.0. The minimum absolute atomic E-state index is 0.0977. The molecule has 1 amide bonds. The summed E-state index contributed by atoms with van der Waals surface area (Å²) in [7, 11) is 2.99. The van der Waals surface area contributed by atoms with E-state index in [1.807, 2.05) is 13.0 Å². The van der Waals surface area contributed by atoms with Crippen molar-refractivity contribution in [3.8, 4) is 11.5 Å². The normalized spacial score (nSPS) is 17.1. The maximum absolute atomic E-state index is 13.8. The van der Waals surface area contributed by atoms with E-state index in [4.69, 9.17) is 9.47 Å². The quantitative estimate of drug-likeness (QED) is 0.223. The molecule has 5 rings (SSSR count). The van der Waals surface area contributed by atoms with Gasteiger partial charge in [0.2, 0.25) is 0 Å². The second kappa shape index (κ2) is 9.09.